The van der Waals surface area contributed by atoms with Crippen molar-refractivity contribution in [1.82, 2.24) is 0 Å². The number of benzene rings is 3. The zero-order valence-corrected chi connectivity index (χ0v) is 18.8. The third-order valence-corrected chi connectivity index (χ3v) is 5.11. The third kappa shape index (κ3) is 4.97. The van der Waals surface area contributed by atoms with Gasteiger partial charge in [-0.05, 0) is 24.3 Å². The van der Waals surface area contributed by atoms with Crippen molar-refractivity contribution in [1.29, 1.82) is 0 Å². The van der Waals surface area contributed by atoms with Gasteiger partial charge < -0.3 is 13.7 Å². The maximum atomic E-state index is 12.8. The molecule has 0 aliphatic rings. The minimum absolute atomic E-state index is 0. The molecule has 0 bridgehead atoms. The Kier molecular flexibility index (Phi) is 7.43. The Hall–Kier alpha value is -2.39. The van der Waals surface area contributed by atoms with E-state index >= 15 is 0 Å². The molecule has 0 fully saturated rings. The average molecular weight is 422 g/mol. The molecule has 0 N–H and O–H groups in total. The van der Waals surface area contributed by atoms with Crippen LogP contribution in [-0.4, -0.2) is 34.6 Å². The van der Waals surface area contributed by atoms with Gasteiger partial charge in [-0.15, -0.1) is 41.8 Å². The van der Waals surface area contributed by atoms with Crippen LogP contribution in [0.3, 0.4) is 0 Å². The molecule has 0 amide bonds. The first-order valence-corrected chi connectivity index (χ1v) is 9.42. The van der Waals surface area contributed by atoms with E-state index in [1.54, 1.807) is 30.3 Å². The Labute approximate surface area is 190 Å². The van der Waals surface area contributed by atoms with E-state index < -0.39 is 22.1 Å². The predicted octanol–water partition coefficient (Wildman–Crippen LogP) is -0.0151. The minimum atomic E-state index is -4.36. The fraction of sp³-hybridized carbons (Fsp3) is 0.100. The minimum Gasteiger partial charge on any atom is -0.465 e. The molecule has 0 spiro atoms. The van der Waals surface area contributed by atoms with E-state index in [0.29, 0.717) is 10.8 Å². The number of rotatable bonds is 5. The van der Waals surface area contributed by atoms with Crippen LogP contribution in [-0.2, 0) is 19.6 Å². The van der Waals surface area contributed by atoms with Gasteiger partial charge in [0.25, 0.3) is 0 Å². The van der Waals surface area contributed by atoms with Crippen LogP contribution in [0, 0.1) is 6.07 Å². The van der Waals surface area contributed by atoms with E-state index in [2.05, 4.69) is 15.5 Å². The Bertz CT molecular complexity index is 1130. The summed E-state index contributed by atoms with van der Waals surface area (Å²) < 4.78 is 40.2. The third-order valence-electron chi connectivity index (χ3n) is 3.90. The van der Waals surface area contributed by atoms with Crippen molar-refractivity contribution in [2.75, 3.05) is 14.2 Å². The molecular formula is C20H15NaO7S. The van der Waals surface area contributed by atoms with E-state index in [-0.39, 0.29) is 51.3 Å². The van der Waals surface area contributed by atoms with Crippen molar-refractivity contribution in [3.8, 4) is 5.75 Å². The second-order valence-electron chi connectivity index (χ2n) is 5.65. The van der Waals surface area contributed by atoms with Gasteiger partial charge >= 0.3 is 51.6 Å². The number of ether oxygens (including phenoxy) is 2. The van der Waals surface area contributed by atoms with Crippen LogP contribution in [0.5, 0.6) is 5.75 Å². The molecule has 0 aromatic heterocycles. The molecule has 0 aliphatic heterocycles. The van der Waals surface area contributed by atoms with Gasteiger partial charge in [-0.2, -0.15) is 8.42 Å². The quantitative estimate of drug-likeness (QED) is 0.247. The van der Waals surface area contributed by atoms with Crippen molar-refractivity contribution in [2.24, 2.45) is 0 Å². The van der Waals surface area contributed by atoms with Crippen LogP contribution in [0.4, 0.5) is 0 Å². The monoisotopic (exact) mass is 422 g/mol. The molecule has 0 heterocycles. The summed E-state index contributed by atoms with van der Waals surface area (Å²) in [6.45, 7) is 0. The molecule has 0 saturated heterocycles. The first-order chi connectivity index (χ1) is 13.4. The van der Waals surface area contributed by atoms with E-state index in [9.17, 15) is 18.0 Å². The van der Waals surface area contributed by atoms with E-state index in [0.717, 1.165) is 26.4 Å². The van der Waals surface area contributed by atoms with Crippen molar-refractivity contribution in [3.05, 3.63) is 71.8 Å². The number of hydrogen-bond acceptors (Lipinski definition) is 7. The van der Waals surface area contributed by atoms with Crippen LogP contribution in [0.1, 0.15) is 20.7 Å². The molecule has 9 heteroatoms. The maximum absolute atomic E-state index is 12.8. The Morgan fingerprint density at radius 1 is 0.897 bits per heavy atom. The standard InChI is InChI=1S/C20H15O7S.Na/c1-25-19(21)14-10-15(20(22)26-2)12-16(11-14)28(23,24)27-18-9-5-7-13-6-3-4-8-17(13)18;/h3-5,7-12H,1-2H3;/q-1;+1. The van der Waals surface area contributed by atoms with Crippen LogP contribution in [0.25, 0.3) is 10.8 Å². The molecule has 3 rings (SSSR count). The number of fused-ring (bicyclic) bond motifs is 1. The SMILES string of the molecule is COC(=O)c1cc(C(=O)OC)cc(S(=O)(=O)Oc2cccc3[c-]cccc23)c1.[Na+]. The maximum Gasteiger partial charge on any atom is 1.00 e. The largest absolute Gasteiger partial charge is 1.00 e. The number of hydrogen-bond donors (Lipinski definition) is 0. The van der Waals surface area contributed by atoms with Crippen molar-refractivity contribution in [3.63, 3.8) is 0 Å². The van der Waals surface area contributed by atoms with Crippen LogP contribution < -0.4 is 33.7 Å². The first-order valence-electron chi connectivity index (χ1n) is 8.01. The molecule has 0 radical (unpaired) electrons. The summed E-state index contributed by atoms with van der Waals surface area (Å²) in [7, 11) is -2.08. The molecule has 3 aromatic carbocycles. The van der Waals surface area contributed by atoms with Gasteiger partial charge in [0.1, 0.15) is 10.6 Å². The van der Waals surface area contributed by atoms with Gasteiger partial charge in [0.05, 0.1) is 25.3 Å². The number of esters is 2. The summed E-state index contributed by atoms with van der Waals surface area (Å²) in [5.41, 5.74) is -0.252. The second kappa shape index (κ2) is 9.41. The molecule has 144 valence electrons. The van der Waals surface area contributed by atoms with Crippen LogP contribution in [0.15, 0.2) is 59.5 Å². The Balaban J connectivity index is 0.00000300. The average Bonchev–Trinajstić information content (AvgIpc) is 2.72. The molecule has 0 saturated carbocycles. The van der Waals surface area contributed by atoms with Gasteiger partial charge in [-0.25, -0.2) is 9.59 Å². The van der Waals surface area contributed by atoms with Crippen molar-refractivity contribution >= 4 is 32.8 Å². The molecule has 7 nitrogen and oxygen atoms in total. The van der Waals surface area contributed by atoms with Gasteiger partial charge in [0, 0.05) is 0 Å². The van der Waals surface area contributed by atoms with Gasteiger partial charge in [-0.1, -0.05) is 5.39 Å². The van der Waals surface area contributed by atoms with Crippen molar-refractivity contribution < 1.29 is 61.2 Å². The second-order valence-corrected chi connectivity index (χ2v) is 7.20. The summed E-state index contributed by atoms with van der Waals surface area (Å²) in [5, 5.41) is 1.22. The Morgan fingerprint density at radius 2 is 1.52 bits per heavy atom. The van der Waals surface area contributed by atoms with Gasteiger partial charge in [0.15, 0.2) is 0 Å². The fourth-order valence-electron chi connectivity index (χ4n) is 2.58. The molecule has 0 aliphatic carbocycles. The zero-order valence-electron chi connectivity index (χ0n) is 16.0. The molecule has 0 atom stereocenters. The summed E-state index contributed by atoms with van der Waals surface area (Å²) >= 11 is 0. The molecule has 29 heavy (non-hydrogen) atoms. The van der Waals surface area contributed by atoms with E-state index in [1.165, 1.54) is 12.1 Å². The molecular weight excluding hydrogens is 407 g/mol. The first kappa shape index (κ1) is 22.9. The predicted molar refractivity (Wildman–Crippen MR) is 99.7 cm³/mol. The smallest absolute Gasteiger partial charge is 0.465 e. The number of carbonyl (C=O) groups excluding carboxylic acids is 2. The number of carbonyl (C=O) groups is 2. The van der Waals surface area contributed by atoms with Crippen LogP contribution >= 0.6 is 0 Å². The van der Waals surface area contributed by atoms with E-state index in [1.807, 2.05) is 0 Å². The zero-order chi connectivity index (χ0) is 20.3. The van der Waals surface area contributed by atoms with Gasteiger partial charge in [-0.3, -0.25) is 0 Å². The number of methoxy groups -OCH3 is 2. The molecule has 3 aromatic rings. The van der Waals surface area contributed by atoms with Crippen LogP contribution in [0.2, 0.25) is 0 Å². The normalized spacial score (nSPS) is 10.7. The molecule has 0 unspecified atom stereocenters. The fourth-order valence-corrected chi connectivity index (χ4v) is 3.60. The Morgan fingerprint density at radius 3 is 2.10 bits per heavy atom. The summed E-state index contributed by atoms with van der Waals surface area (Å²) in [6.07, 6.45) is 0. The summed E-state index contributed by atoms with van der Waals surface area (Å²) in [6, 6.07) is 16.3. The van der Waals surface area contributed by atoms with E-state index in [4.69, 9.17) is 4.18 Å². The topological polar surface area (TPSA) is 96.0 Å². The van der Waals surface area contributed by atoms with Gasteiger partial charge in [0.2, 0.25) is 0 Å². The van der Waals surface area contributed by atoms with Crippen molar-refractivity contribution in [2.45, 2.75) is 4.90 Å². The summed E-state index contributed by atoms with van der Waals surface area (Å²) in [5.74, 6) is -1.51. The summed E-state index contributed by atoms with van der Waals surface area (Å²) in [4.78, 5) is 23.4.